The number of hydrogen-bond acceptors (Lipinski definition) is 2. The summed E-state index contributed by atoms with van der Waals surface area (Å²) in [5.74, 6) is 0. The van der Waals surface area contributed by atoms with Crippen molar-refractivity contribution in [3.05, 3.63) is 69.7 Å². The van der Waals surface area contributed by atoms with Crippen molar-refractivity contribution in [1.29, 1.82) is 0 Å². The fourth-order valence-electron chi connectivity index (χ4n) is 2.15. The van der Waals surface area contributed by atoms with Crippen molar-refractivity contribution < 1.29 is 9.78 Å². The lowest BCUT2D eigenvalue weighted by Gasteiger charge is -2.07. The second-order valence-corrected chi connectivity index (χ2v) is 5.38. The van der Waals surface area contributed by atoms with Gasteiger partial charge in [0.15, 0.2) is 0 Å². The SMILES string of the molecule is Clc1ccc([C@@H]2C[C@H](c3ccc(Cl)cc3)OO2)cc1. The van der Waals surface area contributed by atoms with Crippen LogP contribution in [0.4, 0.5) is 0 Å². The van der Waals surface area contributed by atoms with Gasteiger partial charge in [-0.1, -0.05) is 47.5 Å². The number of benzene rings is 2. The molecular weight excluding hydrogens is 283 g/mol. The highest BCUT2D eigenvalue weighted by molar-refractivity contribution is 6.30. The largest absolute Gasteiger partial charge is 0.228 e. The summed E-state index contributed by atoms with van der Waals surface area (Å²) in [5.41, 5.74) is 2.14. The molecule has 0 N–H and O–H groups in total. The van der Waals surface area contributed by atoms with Crippen molar-refractivity contribution >= 4 is 23.2 Å². The molecule has 1 aliphatic heterocycles. The molecule has 0 radical (unpaired) electrons. The van der Waals surface area contributed by atoms with Gasteiger partial charge in [-0.3, -0.25) is 0 Å². The van der Waals surface area contributed by atoms with E-state index in [9.17, 15) is 0 Å². The Morgan fingerprint density at radius 3 is 1.42 bits per heavy atom. The Balaban J connectivity index is 1.73. The molecule has 0 unspecified atom stereocenters. The molecule has 2 aromatic carbocycles. The van der Waals surface area contributed by atoms with E-state index in [0.717, 1.165) is 27.6 Å². The maximum absolute atomic E-state index is 5.87. The summed E-state index contributed by atoms with van der Waals surface area (Å²) in [6.45, 7) is 0. The molecule has 1 saturated heterocycles. The van der Waals surface area contributed by atoms with Crippen LogP contribution in [-0.2, 0) is 9.78 Å². The van der Waals surface area contributed by atoms with Crippen molar-refractivity contribution in [2.24, 2.45) is 0 Å². The first-order valence-electron chi connectivity index (χ1n) is 6.05. The van der Waals surface area contributed by atoms with Crippen molar-refractivity contribution in [1.82, 2.24) is 0 Å². The molecule has 1 fully saturated rings. The van der Waals surface area contributed by atoms with Crippen LogP contribution in [0.25, 0.3) is 0 Å². The molecule has 0 spiro atoms. The molecule has 0 aliphatic carbocycles. The van der Waals surface area contributed by atoms with Gasteiger partial charge in [0.2, 0.25) is 0 Å². The Labute approximate surface area is 121 Å². The van der Waals surface area contributed by atoms with Gasteiger partial charge in [0.05, 0.1) is 0 Å². The van der Waals surface area contributed by atoms with Crippen molar-refractivity contribution in [3.63, 3.8) is 0 Å². The average Bonchev–Trinajstić information content (AvgIpc) is 2.90. The van der Waals surface area contributed by atoms with E-state index in [1.807, 2.05) is 48.5 Å². The van der Waals surface area contributed by atoms with Gasteiger partial charge in [0.1, 0.15) is 12.2 Å². The lowest BCUT2D eigenvalue weighted by atomic mass is 10.00. The molecule has 4 heteroatoms. The highest BCUT2D eigenvalue weighted by Crippen LogP contribution is 2.39. The van der Waals surface area contributed by atoms with Gasteiger partial charge in [0, 0.05) is 16.5 Å². The minimum Gasteiger partial charge on any atom is -0.228 e. The molecule has 2 nitrogen and oxygen atoms in total. The standard InChI is InChI=1S/C15H12Cl2O2/c16-12-5-1-10(2-6-12)14-9-15(19-18-14)11-3-7-13(17)8-4-11/h1-8,14-15H,9H2/t14-,15+. The van der Waals surface area contributed by atoms with Gasteiger partial charge < -0.3 is 0 Å². The van der Waals surface area contributed by atoms with Crippen LogP contribution in [-0.4, -0.2) is 0 Å². The number of hydrogen-bond donors (Lipinski definition) is 0. The van der Waals surface area contributed by atoms with E-state index in [2.05, 4.69) is 0 Å². The van der Waals surface area contributed by atoms with Crippen LogP contribution >= 0.6 is 23.2 Å². The molecule has 2 atom stereocenters. The maximum atomic E-state index is 5.87. The van der Waals surface area contributed by atoms with Gasteiger partial charge in [-0.25, -0.2) is 9.78 Å². The van der Waals surface area contributed by atoms with E-state index in [1.54, 1.807) is 0 Å². The molecule has 2 aromatic rings. The molecule has 0 bridgehead atoms. The zero-order valence-corrected chi connectivity index (χ0v) is 11.6. The van der Waals surface area contributed by atoms with Crippen LogP contribution in [0, 0.1) is 0 Å². The van der Waals surface area contributed by atoms with E-state index in [4.69, 9.17) is 33.0 Å². The smallest absolute Gasteiger partial charge is 0.121 e. The van der Waals surface area contributed by atoms with E-state index < -0.39 is 0 Å². The molecular formula is C15H12Cl2O2. The summed E-state index contributed by atoms with van der Waals surface area (Å²) in [4.78, 5) is 10.8. The van der Waals surface area contributed by atoms with E-state index in [0.29, 0.717) is 0 Å². The van der Waals surface area contributed by atoms with E-state index in [1.165, 1.54) is 0 Å². The second kappa shape index (κ2) is 5.51. The summed E-state index contributed by atoms with van der Waals surface area (Å²) >= 11 is 11.7. The highest BCUT2D eigenvalue weighted by Gasteiger charge is 2.29. The normalized spacial score (nSPS) is 22.6. The molecule has 1 aliphatic rings. The Morgan fingerprint density at radius 2 is 1.05 bits per heavy atom. The van der Waals surface area contributed by atoms with Crippen LogP contribution < -0.4 is 0 Å². The first kappa shape index (κ1) is 12.9. The second-order valence-electron chi connectivity index (χ2n) is 4.51. The molecule has 19 heavy (non-hydrogen) atoms. The Morgan fingerprint density at radius 1 is 0.684 bits per heavy atom. The minimum absolute atomic E-state index is 0.0575. The third-order valence-electron chi connectivity index (χ3n) is 3.20. The van der Waals surface area contributed by atoms with Gasteiger partial charge in [-0.2, -0.15) is 0 Å². The zero-order chi connectivity index (χ0) is 13.2. The highest BCUT2D eigenvalue weighted by atomic mass is 35.5. The van der Waals surface area contributed by atoms with Gasteiger partial charge >= 0.3 is 0 Å². The molecule has 0 aromatic heterocycles. The predicted octanol–water partition coefficient (Wildman–Crippen LogP) is 5.13. The summed E-state index contributed by atoms with van der Waals surface area (Å²) in [5, 5.41) is 1.44. The maximum Gasteiger partial charge on any atom is 0.121 e. The van der Waals surface area contributed by atoms with Gasteiger partial charge in [0.25, 0.3) is 0 Å². The van der Waals surface area contributed by atoms with Crippen molar-refractivity contribution in [2.45, 2.75) is 18.6 Å². The van der Waals surface area contributed by atoms with E-state index >= 15 is 0 Å². The summed E-state index contributed by atoms with van der Waals surface area (Å²) in [6, 6.07) is 15.3. The summed E-state index contributed by atoms with van der Waals surface area (Å²) in [6.07, 6.45) is 0.666. The average molecular weight is 295 g/mol. The summed E-state index contributed by atoms with van der Waals surface area (Å²) < 4.78 is 0. The fourth-order valence-corrected chi connectivity index (χ4v) is 2.40. The molecule has 0 saturated carbocycles. The third-order valence-corrected chi connectivity index (χ3v) is 3.70. The first-order chi connectivity index (χ1) is 9.22. The number of halogens is 2. The molecule has 98 valence electrons. The molecule has 1 heterocycles. The fraction of sp³-hybridized carbons (Fsp3) is 0.200. The Bertz CT molecular complexity index is 500. The van der Waals surface area contributed by atoms with E-state index in [-0.39, 0.29) is 12.2 Å². The number of rotatable bonds is 2. The summed E-state index contributed by atoms with van der Waals surface area (Å²) in [7, 11) is 0. The minimum atomic E-state index is -0.0575. The lowest BCUT2D eigenvalue weighted by Crippen LogP contribution is -1.96. The van der Waals surface area contributed by atoms with Crippen molar-refractivity contribution in [3.8, 4) is 0 Å². The van der Waals surface area contributed by atoms with Crippen LogP contribution in [0.1, 0.15) is 29.8 Å². The van der Waals surface area contributed by atoms with Crippen molar-refractivity contribution in [2.75, 3.05) is 0 Å². The molecule has 0 amide bonds. The quantitative estimate of drug-likeness (QED) is 0.715. The van der Waals surface area contributed by atoms with Crippen LogP contribution in [0.3, 0.4) is 0 Å². The Kier molecular flexibility index (Phi) is 3.76. The monoisotopic (exact) mass is 294 g/mol. The topological polar surface area (TPSA) is 18.5 Å². The zero-order valence-electron chi connectivity index (χ0n) is 10.1. The van der Waals surface area contributed by atoms with Crippen LogP contribution in [0.15, 0.2) is 48.5 Å². The lowest BCUT2D eigenvalue weighted by molar-refractivity contribution is -0.300. The van der Waals surface area contributed by atoms with Crippen LogP contribution in [0.5, 0.6) is 0 Å². The van der Waals surface area contributed by atoms with Gasteiger partial charge in [-0.05, 0) is 35.4 Å². The Hall–Kier alpha value is -1.06. The molecule has 3 rings (SSSR count). The van der Waals surface area contributed by atoms with Crippen LogP contribution in [0.2, 0.25) is 10.0 Å². The first-order valence-corrected chi connectivity index (χ1v) is 6.81. The van der Waals surface area contributed by atoms with Gasteiger partial charge in [-0.15, -0.1) is 0 Å². The predicted molar refractivity (Wildman–Crippen MR) is 75.2 cm³/mol. The third kappa shape index (κ3) is 2.93.